The Morgan fingerprint density at radius 3 is 2.20 bits per heavy atom. The third-order valence-electron chi connectivity index (χ3n) is 5.17. The maximum absolute atomic E-state index is 13.1. The van der Waals surface area contributed by atoms with E-state index in [1.165, 1.54) is 24.3 Å². The third kappa shape index (κ3) is 5.42. The molecule has 4 rings (SSSR count). The topological polar surface area (TPSA) is 111 Å². The molecule has 0 radical (unpaired) electrons. The molecule has 0 fully saturated rings. The number of methoxy groups -OCH3 is 1. The highest BCUT2D eigenvalue weighted by molar-refractivity contribution is 7.87. The summed E-state index contributed by atoms with van der Waals surface area (Å²) in [6.07, 6.45) is 0. The van der Waals surface area contributed by atoms with Gasteiger partial charge in [-0.25, -0.2) is 9.59 Å². The number of nitrogens with one attached hydrogen (secondary N) is 2. The number of ether oxygens (including phenoxy) is 1. The molecule has 4 aromatic carbocycles. The molecule has 0 aromatic heterocycles. The van der Waals surface area contributed by atoms with Crippen molar-refractivity contribution in [3.05, 3.63) is 96.1 Å². The van der Waals surface area contributed by atoms with Crippen molar-refractivity contribution >= 4 is 44.3 Å². The van der Waals surface area contributed by atoms with E-state index in [0.29, 0.717) is 11.1 Å². The van der Waals surface area contributed by atoms with Crippen LogP contribution in [0.2, 0.25) is 0 Å². The zero-order valence-corrected chi connectivity index (χ0v) is 19.8. The highest BCUT2D eigenvalue weighted by atomic mass is 32.2. The number of rotatable bonds is 6. The van der Waals surface area contributed by atoms with Crippen LogP contribution in [0, 0.1) is 6.92 Å². The summed E-state index contributed by atoms with van der Waals surface area (Å²) < 4.78 is 36.4. The Balaban J connectivity index is 1.61. The second-order valence-corrected chi connectivity index (χ2v) is 9.18. The molecule has 0 spiro atoms. The molecule has 4 aromatic rings. The first-order valence-electron chi connectivity index (χ1n) is 10.6. The Morgan fingerprint density at radius 2 is 1.46 bits per heavy atom. The van der Waals surface area contributed by atoms with Crippen molar-refractivity contribution < 1.29 is 26.9 Å². The minimum absolute atomic E-state index is 0.0360. The van der Waals surface area contributed by atoms with Crippen molar-refractivity contribution in [3.63, 3.8) is 0 Å². The number of benzene rings is 4. The summed E-state index contributed by atoms with van der Waals surface area (Å²) >= 11 is 0. The lowest BCUT2D eigenvalue weighted by molar-refractivity contribution is 0.0599. The second-order valence-electron chi connectivity index (χ2n) is 7.66. The molecule has 0 unspecified atom stereocenters. The highest BCUT2D eigenvalue weighted by Crippen LogP contribution is 2.30. The Hall–Kier alpha value is -4.37. The number of hydrogen-bond donors (Lipinski definition) is 2. The standard InChI is InChI=1S/C26H22N2O6S/c1-17-10-12-19(13-11-17)27-26(30)28-20-14-15-23(22(16-20)25(29)33-2)34-35(31,32)24-9-5-7-18-6-3-4-8-21(18)24/h3-16H,1-2H3,(H2,27,28,30). The minimum atomic E-state index is -4.29. The molecular weight excluding hydrogens is 468 g/mol. The maximum atomic E-state index is 13.1. The average Bonchev–Trinajstić information content (AvgIpc) is 2.85. The number of aryl methyl sites for hydroxylation is 1. The molecule has 9 heteroatoms. The van der Waals surface area contributed by atoms with Crippen LogP contribution in [-0.4, -0.2) is 27.5 Å². The fraction of sp³-hybridized carbons (Fsp3) is 0.0769. The van der Waals surface area contributed by atoms with Crippen LogP contribution in [0.4, 0.5) is 16.2 Å². The molecule has 0 heterocycles. The van der Waals surface area contributed by atoms with Crippen LogP contribution in [0.3, 0.4) is 0 Å². The smallest absolute Gasteiger partial charge is 0.341 e. The van der Waals surface area contributed by atoms with Gasteiger partial charge in [-0.15, -0.1) is 0 Å². The molecule has 2 N–H and O–H groups in total. The van der Waals surface area contributed by atoms with Crippen molar-refractivity contribution in [2.24, 2.45) is 0 Å². The van der Waals surface area contributed by atoms with Gasteiger partial charge >= 0.3 is 22.1 Å². The Labute approximate surface area is 202 Å². The molecule has 0 aliphatic rings. The normalized spacial score (nSPS) is 11.0. The first kappa shape index (κ1) is 23.8. The summed E-state index contributed by atoms with van der Waals surface area (Å²) in [5, 5.41) is 6.50. The van der Waals surface area contributed by atoms with Gasteiger partial charge in [-0.1, -0.05) is 54.1 Å². The van der Waals surface area contributed by atoms with Gasteiger partial charge in [0.15, 0.2) is 5.75 Å². The second kappa shape index (κ2) is 9.86. The Morgan fingerprint density at radius 1 is 0.800 bits per heavy atom. The lowest BCUT2D eigenvalue weighted by Crippen LogP contribution is -2.20. The fourth-order valence-corrected chi connectivity index (χ4v) is 4.63. The first-order chi connectivity index (χ1) is 16.8. The number of fused-ring (bicyclic) bond motifs is 1. The summed E-state index contributed by atoms with van der Waals surface area (Å²) in [5.74, 6) is -1.05. The van der Waals surface area contributed by atoms with Crippen molar-refractivity contribution in [3.8, 4) is 5.75 Å². The Bertz CT molecular complexity index is 1510. The molecule has 0 atom stereocenters. The summed E-state index contributed by atoms with van der Waals surface area (Å²) in [7, 11) is -3.13. The summed E-state index contributed by atoms with van der Waals surface area (Å²) in [5.41, 5.74) is 1.71. The van der Waals surface area contributed by atoms with Crippen LogP contribution in [0.5, 0.6) is 5.75 Å². The van der Waals surface area contributed by atoms with E-state index in [2.05, 4.69) is 10.6 Å². The zero-order chi connectivity index (χ0) is 25.0. The largest absolute Gasteiger partial charge is 0.465 e. The van der Waals surface area contributed by atoms with Gasteiger partial charge in [-0.3, -0.25) is 0 Å². The SMILES string of the molecule is COC(=O)c1cc(NC(=O)Nc2ccc(C)cc2)ccc1OS(=O)(=O)c1cccc2ccccc12. The number of esters is 1. The molecule has 0 aliphatic carbocycles. The molecule has 2 amide bonds. The van der Waals surface area contributed by atoms with Gasteiger partial charge in [0.2, 0.25) is 0 Å². The van der Waals surface area contributed by atoms with Crippen molar-refractivity contribution in [1.29, 1.82) is 0 Å². The van der Waals surface area contributed by atoms with Gasteiger partial charge in [-0.2, -0.15) is 8.42 Å². The molecule has 178 valence electrons. The summed E-state index contributed by atoms with van der Waals surface area (Å²) in [4.78, 5) is 24.7. The highest BCUT2D eigenvalue weighted by Gasteiger charge is 2.24. The van der Waals surface area contributed by atoms with Gasteiger partial charge in [0.1, 0.15) is 10.5 Å². The number of hydrogen-bond acceptors (Lipinski definition) is 6. The fourth-order valence-electron chi connectivity index (χ4n) is 3.46. The van der Waals surface area contributed by atoms with Crippen LogP contribution < -0.4 is 14.8 Å². The van der Waals surface area contributed by atoms with E-state index in [1.54, 1.807) is 48.5 Å². The van der Waals surface area contributed by atoms with Gasteiger partial charge in [0.25, 0.3) is 0 Å². The predicted molar refractivity (Wildman–Crippen MR) is 133 cm³/mol. The number of anilines is 2. The zero-order valence-electron chi connectivity index (χ0n) is 18.9. The van der Waals surface area contributed by atoms with Gasteiger partial charge in [0, 0.05) is 16.8 Å². The van der Waals surface area contributed by atoms with E-state index in [1.807, 2.05) is 19.1 Å². The number of amides is 2. The lowest BCUT2D eigenvalue weighted by Gasteiger charge is -2.14. The van der Waals surface area contributed by atoms with Gasteiger partial charge in [-0.05, 0) is 48.7 Å². The average molecular weight is 491 g/mol. The Kier molecular flexibility index (Phi) is 6.70. The monoisotopic (exact) mass is 490 g/mol. The van der Waals surface area contributed by atoms with Crippen LogP contribution >= 0.6 is 0 Å². The maximum Gasteiger partial charge on any atom is 0.341 e. The molecule has 0 saturated carbocycles. The summed E-state index contributed by atoms with van der Waals surface area (Å²) in [6, 6.07) is 22.5. The number of carbonyl (C=O) groups is 2. The quantitative estimate of drug-likeness (QED) is 0.279. The molecule has 0 bridgehead atoms. The van der Waals surface area contributed by atoms with Crippen molar-refractivity contribution in [2.45, 2.75) is 11.8 Å². The molecule has 35 heavy (non-hydrogen) atoms. The van der Waals surface area contributed by atoms with Crippen LogP contribution in [0.15, 0.2) is 89.8 Å². The van der Waals surface area contributed by atoms with Gasteiger partial charge in [0.05, 0.1) is 7.11 Å². The molecule has 8 nitrogen and oxygen atoms in total. The molecule has 0 aliphatic heterocycles. The van der Waals surface area contributed by atoms with E-state index in [0.717, 1.165) is 18.1 Å². The predicted octanol–water partition coefficient (Wildman–Crippen LogP) is 5.35. The van der Waals surface area contributed by atoms with Crippen molar-refractivity contribution in [2.75, 3.05) is 17.7 Å². The van der Waals surface area contributed by atoms with E-state index < -0.39 is 22.1 Å². The number of carbonyl (C=O) groups excluding carboxylic acids is 2. The van der Waals surface area contributed by atoms with Crippen LogP contribution in [0.1, 0.15) is 15.9 Å². The van der Waals surface area contributed by atoms with E-state index in [-0.39, 0.29) is 21.9 Å². The van der Waals surface area contributed by atoms with E-state index in [9.17, 15) is 18.0 Å². The van der Waals surface area contributed by atoms with E-state index in [4.69, 9.17) is 8.92 Å². The minimum Gasteiger partial charge on any atom is -0.465 e. The third-order valence-corrected chi connectivity index (χ3v) is 6.46. The summed E-state index contributed by atoms with van der Waals surface area (Å²) in [6.45, 7) is 1.93. The van der Waals surface area contributed by atoms with E-state index >= 15 is 0 Å². The van der Waals surface area contributed by atoms with Gasteiger partial charge < -0.3 is 19.6 Å². The molecular formula is C26H22N2O6S. The first-order valence-corrected chi connectivity index (χ1v) is 12.0. The van der Waals surface area contributed by atoms with Crippen LogP contribution in [0.25, 0.3) is 10.8 Å². The lowest BCUT2D eigenvalue weighted by atomic mass is 10.1. The number of urea groups is 1. The van der Waals surface area contributed by atoms with Crippen molar-refractivity contribution in [1.82, 2.24) is 0 Å². The molecule has 0 saturated heterocycles. The van der Waals surface area contributed by atoms with Crippen LogP contribution in [-0.2, 0) is 14.9 Å².